The van der Waals surface area contributed by atoms with Gasteiger partial charge in [0, 0.05) is 5.69 Å². The van der Waals surface area contributed by atoms with E-state index >= 15 is 0 Å². The molecular weight excluding hydrogens is 342 g/mol. The number of carbonyl (C=O) groups excluding carboxylic acids is 2. The van der Waals surface area contributed by atoms with Gasteiger partial charge in [-0.1, -0.05) is 24.3 Å². The second-order valence-electron chi connectivity index (χ2n) is 5.11. The Morgan fingerprint density at radius 1 is 1.24 bits per heavy atom. The second kappa shape index (κ2) is 7.67. The minimum absolute atomic E-state index is 0.221. The van der Waals surface area contributed by atoms with Crippen molar-refractivity contribution in [1.29, 1.82) is 0 Å². The van der Waals surface area contributed by atoms with Crippen LogP contribution in [0.15, 0.2) is 47.8 Å². The van der Waals surface area contributed by atoms with Crippen LogP contribution in [0, 0.1) is 0 Å². The lowest BCUT2D eigenvalue weighted by atomic mass is 10.3. The highest BCUT2D eigenvalue weighted by molar-refractivity contribution is 7.13. The van der Waals surface area contributed by atoms with Gasteiger partial charge in [0.25, 0.3) is 5.91 Å². The number of ether oxygens (including phenoxy) is 1. The number of carbonyl (C=O) groups is 2. The van der Waals surface area contributed by atoms with E-state index in [-0.39, 0.29) is 6.54 Å². The minimum Gasteiger partial charge on any atom is -0.451 e. The van der Waals surface area contributed by atoms with Crippen LogP contribution in [0.1, 0.15) is 6.92 Å². The van der Waals surface area contributed by atoms with Gasteiger partial charge in [-0.05, 0) is 35.7 Å². The lowest BCUT2D eigenvalue weighted by molar-refractivity contribution is -0.154. The Morgan fingerprint density at radius 3 is 2.76 bits per heavy atom. The fourth-order valence-electron chi connectivity index (χ4n) is 1.98. The predicted molar refractivity (Wildman–Crippen MR) is 91.8 cm³/mol. The molecule has 8 nitrogen and oxygen atoms in total. The lowest BCUT2D eigenvalue weighted by Crippen LogP contribution is -2.31. The lowest BCUT2D eigenvalue weighted by Gasteiger charge is -2.13. The van der Waals surface area contributed by atoms with Crippen LogP contribution in [-0.2, 0) is 20.9 Å². The summed E-state index contributed by atoms with van der Waals surface area (Å²) in [5.41, 5.74) is 0.633. The number of aromatic nitrogens is 4. The van der Waals surface area contributed by atoms with Crippen molar-refractivity contribution >= 4 is 28.9 Å². The van der Waals surface area contributed by atoms with Gasteiger partial charge in [-0.3, -0.25) is 4.79 Å². The summed E-state index contributed by atoms with van der Waals surface area (Å²) < 4.78 is 5.11. The summed E-state index contributed by atoms with van der Waals surface area (Å²) in [6, 6.07) is 12.7. The molecule has 0 radical (unpaired) electrons. The van der Waals surface area contributed by atoms with Gasteiger partial charge in [0.15, 0.2) is 12.6 Å². The Bertz CT molecular complexity index is 848. The molecule has 1 aromatic carbocycles. The molecule has 25 heavy (non-hydrogen) atoms. The summed E-state index contributed by atoms with van der Waals surface area (Å²) in [6.07, 6.45) is -0.937. The number of thiophene rings is 1. The molecule has 1 amide bonds. The quantitative estimate of drug-likeness (QED) is 0.677. The van der Waals surface area contributed by atoms with Gasteiger partial charge in [0.05, 0.1) is 4.88 Å². The number of benzene rings is 1. The van der Waals surface area contributed by atoms with Crippen molar-refractivity contribution in [3.05, 3.63) is 47.8 Å². The number of anilines is 1. The van der Waals surface area contributed by atoms with E-state index in [0.29, 0.717) is 11.5 Å². The van der Waals surface area contributed by atoms with Gasteiger partial charge in [-0.25, -0.2) is 4.79 Å². The van der Waals surface area contributed by atoms with Crippen molar-refractivity contribution < 1.29 is 14.3 Å². The summed E-state index contributed by atoms with van der Waals surface area (Å²) >= 11 is 1.48. The summed E-state index contributed by atoms with van der Waals surface area (Å²) in [5, 5.41) is 16.4. The normalized spacial score (nSPS) is 11.7. The van der Waals surface area contributed by atoms with Crippen molar-refractivity contribution in [1.82, 2.24) is 20.2 Å². The van der Waals surface area contributed by atoms with Crippen molar-refractivity contribution in [2.75, 3.05) is 5.32 Å². The summed E-state index contributed by atoms with van der Waals surface area (Å²) in [6.45, 7) is 1.28. The Morgan fingerprint density at radius 2 is 2.04 bits per heavy atom. The maximum atomic E-state index is 12.0. The molecule has 3 rings (SSSR count). The molecule has 0 bridgehead atoms. The van der Waals surface area contributed by atoms with Crippen molar-refractivity contribution in [2.24, 2.45) is 0 Å². The molecule has 9 heteroatoms. The zero-order valence-corrected chi connectivity index (χ0v) is 14.1. The highest BCUT2D eigenvalue weighted by Crippen LogP contribution is 2.19. The Balaban J connectivity index is 1.52. The van der Waals surface area contributed by atoms with Gasteiger partial charge >= 0.3 is 5.97 Å². The molecule has 0 saturated heterocycles. The monoisotopic (exact) mass is 357 g/mol. The van der Waals surface area contributed by atoms with Gasteiger partial charge < -0.3 is 10.1 Å². The minimum atomic E-state index is -0.937. The van der Waals surface area contributed by atoms with Crippen LogP contribution in [0.3, 0.4) is 0 Å². The third-order valence-corrected chi connectivity index (χ3v) is 4.05. The number of nitrogens with zero attached hydrogens (tertiary/aromatic N) is 4. The second-order valence-corrected chi connectivity index (χ2v) is 6.06. The molecule has 2 heterocycles. The van der Waals surface area contributed by atoms with Crippen LogP contribution in [0.25, 0.3) is 10.7 Å². The molecule has 0 aliphatic rings. The van der Waals surface area contributed by atoms with Crippen LogP contribution in [0.5, 0.6) is 0 Å². The first-order valence-corrected chi connectivity index (χ1v) is 8.37. The molecule has 128 valence electrons. The van der Waals surface area contributed by atoms with Gasteiger partial charge in [0.2, 0.25) is 5.82 Å². The first-order chi connectivity index (χ1) is 12.1. The molecule has 0 spiro atoms. The van der Waals surface area contributed by atoms with Crippen LogP contribution in [0.4, 0.5) is 5.69 Å². The number of hydrogen-bond donors (Lipinski definition) is 1. The van der Waals surface area contributed by atoms with E-state index in [2.05, 4.69) is 20.7 Å². The van der Waals surface area contributed by atoms with Crippen LogP contribution in [-0.4, -0.2) is 38.2 Å². The zero-order chi connectivity index (χ0) is 17.6. The van der Waals surface area contributed by atoms with Crippen LogP contribution in [0.2, 0.25) is 0 Å². The third kappa shape index (κ3) is 4.48. The van der Waals surface area contributed by atoms with E-state index < -0.39 is 18.0 Å². The number of rotatable bonds is 6. The molecule has 1 N–H and O–H groups in total. The molecule has 0 aliphatic heterocycles. The van der Waals surface area contributed by atoms with Crippen molar-refractivity contribution in [3.63, 3.8) is 0 Å². The average molecular weight is 357 g/mol. The number of amides is 1. The molecule has 0 unspecified atom stereocenters. The first-order valence-electron chi connectivity index (χ1n) is 7.49. The number of esters is 1. The van der Waals surface area contributed by atoms with E-state index in [1.54, 1.807) is 24.3 Å². The van der Waals surface area contributed by atoms with E-state index in [4.69, 9.17) is 4.74 Å². The van der Waals surface area contributed by atoms with Crippen molar-refractivity contribution in [3.8, 4) is 10.7 Å². The number of para-hydroxylation sites is 1. The zero-order valence-electron chi connectivity index (χ0n) is 13.3. The molecule has 2 aromatic heterocycles. The molecule has 1 atom stereocenters. The number of hydrogen-bond acceptors (Lipinski definition) is 7. The summed E-state index contributed by atoms with van der Waals surface area (Å²) in [5.74, 6) is -0.589. The maximum Gasteiger partial charge on any atom is 0.330 e. The Hall–Kier alpha value is -3.07. The molecule has 0 fully saturated rings. The van der Waals surface area contributed by atoms with E-state index in [1.165, 1.54) is 18.3 Å². The van der Waals surface area contributed by atoms with Gasteiger partial charge in [-0.15, -0.1) is 21.5 Å². The van der Waals surface area contributed by atoms with E-state index in [9.17, 15) is 9.59 Å². The summed E-state index contributed by atoms with van der Waals surface area (Å²) in [7, 11) is 0. The van der Waals surface area contributed by atoms with E-state index in [0.717, 1.165) is 9.67 Å². The fraction of sp³-hybridized carbons (Fsp3) is 0.188. The summed E-state index contributed by atoms with van der Waals surface area (Å²) in [4.78, 5) is 26.0. The first kappa shape index (κ1) is 16.8. The fourth-order valence-corrected chi connectivity index (χ4v) is 2.63. The van der Waals surface area contributed by atoms with Crippen molar-refractivity contribution in [2.45, 2.75) is 19.6 Å². The Kier molecular flexibility index (Phi) is 5.14. The standard InChI is InChI=1S/C16H15N5O3S/c1-11(16(23)17-12-6-3-2-4-7-12)24-14(22)10-21-19-15(18-20-21)13-8-5-9-25-13/h2-9,11H,10H2,1H3,(H,17,23)/t11-/m1/s1. The topological polar surface area (TPSA) is 99.0 Å². The SMILES string of the molecule is C[C@@H](OC(=O)Cn1nnc(-c2cccs2)n1)C(=O)Nc1ccccc1. The maximum absolute atomic E-state index is 12.0. The molecule has 3 aromatic rings. The molecule has 0 aliphatic carbocycles. The highest BCUT2D eigenvalue weighted by atomic mass is 32.1. The largest absolute Gasteiger partial charge is 0.451 e. The molecular formula is C16H15N5O3S. The predicted octanol–water partition coefficient (Wildman–Crippen LogP) is 1.97. The third-order valence-electron chi connectivity index (χ3n) is 3.18. The van der Waals surface area contributed by atoms with Crippen LogP contribution < -0.4 is 5.32 Å². The number of tetrazole rings is 1. The van der Waals surface area contributed by atoms with E-state index in [1.807, 2.05) is 23.6 Å². The Labute approximate surface area is 147 Å². The smallest absolute Gasteiger partial charge is 0.330 e. The number of nitrogens with one attached hydrogen (secondary N) is 1. The van der Waals surface area contributed by atoms with Gasteiger partial charge in [-0.2, -0.15) is 4.80 Å². The average Bonchev–Trinajstić information content (AvgIpc) is 3.26. The highest BCUT2D eigenvalue weighted by Gasteiger charge is 2.19. The molecule has 0 saturated carbocycles. The van der Waals surface area contributed by atoms with Gasteiger partial charge in [0.1, 0.15) is 0 Å². The van der Waals surface area contributed by atoms with Crippen LogP contribution >= 0.6 is 11.3 Å².